The Morgan fingerprint density at radius 1 is 1.40 bits per heavy atom. The minimum Gasteiger partial charge on any atom is -0.481 e. The highest BCUT2D eigenvalue weighted by atomic mass is 127. The Bertz CT molecular complexity index is 543. The van der Waals surface area contributed by atoms with E-state index in [9.17, 15) is 9.90 Å². The zero-order chi connectivity index (χ0) is 14.2. The Hall–Kier alpha value is -0.880. The molecule has 3 nitrogen and oxygen atoms in total. The van der Waals surface area contributed by atoms with Crippen LogP contribution in [-0.2, 0) is 11.3 Å². The lowest BCUT2D eigenvalue weighted by molar-refractivity contribution is -0.150. The van der Waals surface area contributed by atoms with Crippen molar-refractivity contribution in [3.8, 4) is 0 Å². The van der Waals surface area contributed by atoms with Crippen LogP contribution in [0.3, 0.4) is 0 Å². The van der Waals surface area contributed by atoms with Crippen LogP contribution in [0.15, 0.2) is 40.0 Å². The van der Waals surface area contributed by atoms with E-state index in [4.69, 9.17) is 0 Å². The van der Waals surface area contributed by atoms with Gasteiger partial charge in [-0.25, -0.2) is 0 Å². The summed E-state index contributed by atoms with van der Waals surface area (Å²) in [6.07, 6.45) is 3.86. The molecule has 1 heterocycles. The number of likely N-dealkylation sites (tertiary alicyclic amines) is 1. The van der Waals surface area contributed by atoms with Crippen molar-refractivity contribution in [3.63, 3.8) is 0 Å². The molecular weight excluding hydrogens is 365 g/mol. The van der Waals surface area contributed by atoms with Crippen LogP contribution in [0.2, 0.25) is 0 Å². The molecular formula is C16H18INO2. The molecule has 1 aliphatic carbocycles. The summed E-state index contributed by atoms with van der Waals surface area (Å²) in [5.41, 5.74) is 0.686. The van der Waals surface area contributed by atoms with Crippen LogP contribution in [0.5, 0.6) is 0 Å². The van der Waals surface area contributed by atoms with Crippen molar-refractivity contribution >= 4 is 28.6 Å². The lowest BCUT2D eigenvalue weighted by Crippen LogP contribution is -2.40. The topological polar surface area (TPSA) is 40.5 Å². The summed E-state index contributed by atoms with van der Waals surface area (Å²) in [5, 5.41) is 9.74. The molecule has 1 aromatic rings. The maximum atomic E-state index is 11.8. The first kappa shape index (κ1) is 14.1. The number of hydrogen-bond donors (Lipinski definition) is 1. The van der Waals surface area contributed by atoms with Crippen molar-refractivity contribution in [2.75, 3.05) is 13.1 Å². The number of benzene rings is 1. The molecule has 1 aliphatic heterocycles. The quantitative estimate of drug-likeness (QED) is 0.815. The van der Waals surface area contributed by atoms with Gasteiger partial charge in [-0.3, -0.25) is 9.69 Å². The van der Waals surface area contributed by atoms with Gasteiger partial charge in [0.05, 0.1) is 5.41 Å². The van der Waals surface area contributed by atoms with E-state index in [1.807, 2.05) is 18.2 Å². The average molecular weight is 383 g/mol. The first-order valence-corrected chi connectivity index (χ1v) is 8.05. The monoisotopic (exact) mass is 383 g/mol. The lowest BCUT2D eigenvalue weighted by atomic mass is 9.71. The summed E-state index contributed by atoms with van der Waals surface area (Å²) >= 11 is 2.33. The third-order valence-electron chi connectivity index (χ3n) is 4.55. The number of nitrogens with zero attached hydrogens (tertiary/aromatic N) is 1. The molecule has 0 aromatic heterocycles. The largest absolute Gasteiger partial charge is 0.481 e. The molecule has 1 fully saturated rings. The molecule has 4 heteroatoms. The maximum Gasteiger partial charge on any atom is 0.311 e. The Morgan fingerprint density at radius 2 is 2.15 bits per heavy atom. The zero-order valence-corrected chi connectivity index (χ0v) is 13.4. The third kappa shape index (κ3) is 2.39. The zero-order valence-electron chi connectivity index (χ0n) is 11.3. The highest BCUT2D eigenvalue weighted by molar-refractivity contribution is 14.1. The number of carboxylic acids is 1. The first-order valence-electron chi connectivity index (χ1n) is 6.97. The fourth-order valence-electron chi connectivity index (χ4n) is 3.51. The molecule has 0 spiro atoms. The number of aliphatic carboxylic acids is 1. The molecule has 0 radical (unpaired) electrons. The van der Waals surface area contributed by atoms with E-state index >= 15 is 0 Å². The van der Waals surface area contributed by atoms with Crippen LogP contribution in [0.1, 0.15) is 18.4 Å². The fourth-order valence-corrected chi connectivity index (χ4v) is 4.61. The molecule has 1 N–H and O–H groups in total. The SMILES string of the molecule is O=C(O)C12CCC=C(I)C1CN(Cc1ccccc1)C2. The maximum absolute atomic E-state index is 11.8. The Balaban J connectivity index is 1.82. The van der Waals surface area contributed by atoms with E-state index in [1.54, 1.807) is 0 Å². The first-order chi connectivity index (χ1) is 9.62. The predicted molar refractivity (Wildman–Crippen MR) is 86.6 cm³/mol. The molecule has 106 valence electrons. The van der Waals surface area contributed by atoms with Crippen molar-refractivity contribution < 1.29 is 9.90 Å². The van der Waals surface area contributed by atoms with Crippen LogP contribution >= 0.6 is 22.6 Å². The second-order valence-electron chi connectivity index (χ2n) is 5.80. The summed E-state index contributed by atoms with van der Waals surface area (Å²) in [7, 11) is 0. The smallest absolute Gasteiger partial charge is 0.311 e. The molecule has 2 atom stereocenters. The van der Waals surface area contributed by atoms with Gasteiger partial charge in [-0.2, -0.15) is 0 Å². The summed E-state index contributed by atoms with van der Waals surface area (Å²) in [6, 6.07) is 10.3. The second kappa shape index (κ2) is 5.48. The molecule has 2 unspecified atom stereocenters. The molecule has 2 aliphatic rings. The molecule has 1 saturated heterocycles. The summed E-state index contributed by atoms with van der Waals surface area (Å²) < 4.78 is 1.23. The van der Waals surface area contributed by atoms with Crippen LogP contribution < -0.4 is 0 Å². The molecule has 3 rings (SSSR count). The van der Waals surface area contributed by atoms with Gasteiger partial charge in [-0.1, -0.05) is 36.4 Å². The number of fused-ring (bicyclic) bond motifs is 1. The van der Waals surface area contributed by atoms with Crippen molar-refractivity contribution in [2.45, 2.75) is 19.4 Å². The molecule has 1 aromatic carbocycles. The van der Waals surface area contributed by atoms with Crippen molar-refractivity contribution in [1.29, 1.82) is 0 Å². The highest BCUT2D eigenvalue weighted by Gasteiger charge is 2.53. The van der Waals surface area contributed by atoms with Gasteiger partial charge >= 0.3 is 5.97 Å². The molecule has 0 saturated carbocycles. The number of halogens is 1. The van der Waals surface area contributed by atoms with Crippen molar-refractivity contribution in [3.05, 3.63) is 45.6 Å². The minimum atomic E-state index is -0.625. The average Bonchev–Trinajstić information content (AvgIpc) is 2.81. The fraction of sp³-hybridized carbons (Fsp3) is 0.438. The predicted octanol–water partition coefficient (Wildman–Crippen LogP) is 3.30. The van der Waals surface area contributed by atoms with Gasteiger partial charge in [0.25, 0.3) is 0 Å². The van der Waals surface area contributed by atoms with Crippen molar-refractivity contribution in [2.24, 2.45) is 11.3 Å². The Labute approximate surface area is 132 Å². The number of carboxylic acid groups (broad SMARTS) is 1. The normalized spacial score (nSPS) is 29.9. The Kier molecular flexibility index (Phi) is 3.86. The lowest BCUT2D eigenvalue weighted by Gasteiger charge is -2.33. The molecule has 0 bridgehead atoms. The van der Waals surface area contributed by atoms with Gasteiger partial charge in [0.2, 0.25) is 0 Å². The van der Waals surface area contributed by atoms with E-state index in [0.29, 0.717) is 6.54 Å². The van der Waals surface area contributed by atoms with Crippen LogP contribution in [0.4, 0.5) is 0 Å². The number of carbonyl (C=O) groups is 1. The van der Waals surface area contributed by atoms with Crippen LogP contribution in [0.25, 0.3) is 0 Å². The Morgan fingerprint density at radius 3 is 2.80 bits per heavy atom. The van der Waals surface area contributed by atoms with Gasteiger partial charge in [-0.15, -0.1) is 0 Å². The molecule has 20 heavy (non-hydrogen) atoms. The van der Waals surface area contributed by atoms with E-state index in [0.717, 1.165) is 25.9 Å². The van der Waals surface area contributed by atoms with E-state index in [1.165, 1.54) is 9.14 Å². The van der Waals surface area contributed by atoms with Gasteiger partial charge in [0, 0.05) is 25.6 Å². The van der Waals surface area contributed by atoms with Gasteiger partial charge in [-0.05, 0) is 44.6 Å². The van der Waals surface area contributed by atoms with Gasteiger partial charge in [0.1, 0.15) is 0 Å². The summed E-state index contributed by atoms with van der Waals surface area (Å²) in [4.78, 5) is 14.1. The van der Waals surface area contributed by atoms with Gasteiger partial charge < -0.3 is 5.11 Å². The highest BCUT2D eigenvalue weighted by Crippen LogP contribution is 2.49. The van der Waals surface area contributed by atoms with Gasteiger partial charge in [0.15, 0.2) is 0 Å². The van der Waals surface area contributed by atoms with E-state index in [2.05, 4.69) is 45.7 Å². The van der Waals surface area contributed by atoms with Crippen LogP contribution in [0, 0.1) is 11.3 Å². The third-order valence-corrected chi connectivity index (χ3v) is 5.74. The number of allylic oxidation sites excluding steroid dienone is 1. The minimum absolute atomic E-state index is 0.165. The molecule has 0 amide bonds. The number of hydrogen-bond acceptors (Lipinski definition) is 2. The summed E-state index contributed by atoms with van der Waals surface area (Å²) in [5.74, 6) is -0.460. The van der Waals surface area contributed by atoms with Crippen molar-refractivity contribution in [1.82, 2.24) is 4.90 Å². The van der Waals surface area contributed by atoms with E-state index in [-0.39, 0.29) is 5.92 Å². The van der Waals surface area contributed by atoms with Crippen LogP contribution in [-0.4, -0.2) is 29.1 Å². The van der Waals surface area contributed by atoms with E-state index < -0.39 is 11.4 Å². The standard InChI is InChI=1S/C16H18INO2/c17-14-7-4-8-16(15(19)20)11-18(10-13(14)16)9-12-5-2-1-3-6-12/h1-3,5-7,13H,4,8-11H2,(H,19,20). The second-order valence-corrected chi connectivity index (χ2v) is 7.04. The summed E-state index contributed by atoms with van der Waals surface area (Å²) in [6.45, 7) is 2.37. The number of rotatable bonds is 3.